The number of rotatable bonds is 2. The van der Waals surface area contributed by atoms with Gasteiger partial charge in [-0.3, -0.25) is 0 Å². The van der Waals surface area contributed by atoms with Crippen LogP contribution in [-0.4, -0.2) is 12.6 Å². The first kappa shape index (κ1) is 13.7. The fraction of sp³-hybridized carbons (Fsp3) is 0.200. The number of hydrogen-bond donors (Lipinski definition) is 0. The predicted octanol–water partition coefficient (Wildman–Crippen LogP) is 2.89. The minimum absolute atomic E-state index is 0.280. The van der Waals surface area contributed by atoms with Crippen molar-refractivity contribution in [2.24, 2.45) is 0 Å². The maximum absolute atomic E-state index is 11.1. The molecule has 0 aromatic heterocycles. The molecule has 0 N–H and O–H groups in total. The van der Waals surface area contributed by atoms with Crippen molar-refractivity contribution in [2.75, 3.05) is 6.61 Å². The summed E-state index contributed by atoms with van der Waals surface area (Å²) in [6.07, 6.45) is 0. The number of benzene rings is 1. The molecular formula is C10H11BrO2Zn. The summed E-state index contributed by atoms with van der Waals surface area (Å²) in [5.41, 5.74) is 1.47. The molecule has 1 aromatic rings. The predicted molar refractivity (Wildman–Crippen MR) is 55.8 cm³/mol. The number of ether oxygens (including phenoxy) is 1. The van der Waals surface area contributed by atoms with Crippen molar-refractivity contribution in [3.63, 3.8) is 0 Å². The Bertz CT molecular complexity index is 272. The summed E-state index contributed by atoms with van der Waals surface area (Å²) in [7, 11) is 0. The van der Waals surface area contributed by atoms with Crippen LogP contribution < -0.4 is 0 Å². The van der Waals surface area contributed by atoms with Gasteiger partial charge in [-0.25, -0.2) is 4.79 Å². The molecule has 2 nitrogen and oxygen atoms in total. The molecule has 0 heterocycles. The second-order valence-electron chi connectivity index (χ2n) is 2.42. The van der Waals surface area contributed by atoms with Crippen LogP contribution in [0.4, 0.5) is 0 Å². The Labute approximate surface area is 101 Å². The van der Waals surface area contributed by atoms with Gasteiger partial charge >= 0.3 is 35.9 Å². The van der Waals surface area contributed by atoms with E-state index in [4.69, 9.17) is 4.74 Å². The fourth-order valence-electron chi connectivity index (χ4n) is 0.855. The van der Waals surface area contributed by atoms with Crippen molar-refractivity contribution in [1.29, 1.82) is 0 Å². The van der Waals surface area contributed by atoms with Crippen LogP contribution in [0, 0.1) is 6.92 Å². The molecule has 0 saturated carbocycles. The van der Waals surface area contributed by atoms with Gasteiger partial charge in [0.2, 0.25) is 0 Å². The monoisotopic (exact) mass is 306 g/mol. The van der Waals surface area contributed by atoms with Gasteiger partial charge in [0.05, 0.1) is 6.61 Å². The quantitative estimate of drug-likeness (QED) is 0.477. The molecular weight excluding hydrogens is 297 g/mol. The Morgan fingerprint density at radius 2 is 1.93 bits per heavy atom. The van der Waals surface area contributed by atoms with Crippen molar-refractivity contribution in [3.8, 4) is 0 Å². The molecule has 1 aromatic carbocycles. The maximum atomic E-state index is 11.1. The van der Waals surface area contributed by atoms with E-state index in [2.05, 4.69) is 20.5 Å². The van der Waals surface area contributed by atoms with E-state index >= 15 is 0 Å². The van der Waals surface area contributed by atoms with Crippen LogP contribution in [0.25, 0.3) is 0 Å². The van der Waals surface area contributed by atoms with Gasteiger partial charge in [0.1, 0.15) is 0 Å². The van der Waals surface area contributed by atoms with E-state index in [0.717, 1.165) is 5.56 Å². The van der Waals surface area contributed by atoms with E-state index in [1.807, 2.05) is 0 Å². The molecule has 0 fully saturated rings. The first-order valence-corrected chi connectivity index (χ1v) is 11.0. The first-order valence-electron chi connectivity index (χ1n) is 4.10. The van der Waals surface area contributed by atoms with Gasteiger partial charge in [-0.2, -0.15) is 24.6 Å². The number of halogens is 1. The third kappa shape index (κ3) is 4.78. The Kier molecular flexibility index (Phi) is 7.82. The third-order valence-electron chi connectivity index (χ3n) is 1.47. The Morgan fingerprint density at radius 3 is 2.36 bits per heavy atom. The van der Waals surface area contributed by atoms with Crippen LogP contribution in [0.1, 0.15) is 22.8 Å². The molecule has 72 valence electrons. The summed E-state index contributed by atoms with van der Waals surface area (Å²) < 4.78 is 4.81. The van der Waals surface area contributed by atoms with Crippen LogP contribution in [0.3, 0.4) is 0 Å². The van der Waals surface area contributed by atoms with E-state index < -0.39 is 0 Å². The van der Waals surface area contributed by atoms with Crippen molar-refractivity contribution in [1.82, 2.24) is 0 Å². The van der Waals surface area contributed by atoms with E-state index in [1.165, 1.54) is 16.3 Å². The zero-order chi connectivity index (χ0) is 11.0. The Balaban J connectivity index is 0.000000791. The molecule has 0 aliphatic carbocycles. The van der Waals surface area contributed by atoms with Gasteiger partial charge in [-0.1, -0.05) is 0 Å². The van der Waals surface area contributed by atoms with Crippen LogP contribution in [-0.2, 0) is 21.1 Å². The van der Waals surface area contributed by atoms with E-state index in [-0.39, 0.29) is 5.97 Å². The van der Waals surface area contributed by atoms with Crippen LogP contribution in [0.2, 0.25) is 0 Å². The topological polar surface area (TPSA) is 26.3 Å². The molecule has 0 bridgehead atoms. The number of esters is 1. The van der Waals surface area contributed by atoms with Crippen LogP contribution in [0.15, 0.2) is 24.3 Å². The molecule has 0 spiro atoms. The van der Waals surface area contributed by atoms with Crippen molar-refractivity contribution < 1.29 is 25.9 Å². The summed E-state index contributed by atoms with van der Waals surface area (Å²) in [5.74, 6) is -0.280. The molecule has 0 unspecified atom stereocenters. The van der Waals surface area contributed by atoms with Crippen LogP contribution in [0.5, 0.6) is 0 Å². The molecule has 14 heavy (non-hydrogen) atoms. The van der Waals surface area contributed by atoms with E-state index in [9.17, 15) is 4.79 Å². The summed E-state index contributed by atoms with van der Waals surface area (Å²) in [6.45, 7) is 5.91. The molecule has 4 heteroatoms. The zero-order valence-electron chi connectivity index (χ0n) is 8.13. The van der Waals surface area contributed by atoms with Crippen molar-refractivity contribution in [3.05, 3.63) is 42.3 Å². The first-order chi connectivity index (χ1) is 6.74. The van der Waals surface area contributed by atoms with Gasteiger partial charge in [-0.15, -0.1) is 12.1 Å². The van der Waals surface area contributed by atoms with Gasteiger partial charge in [0.25, 0.3) is 0 Å². The SMILES string of the molecule is [CH2-]c1ccc(C(=O)OCC)cc1.[Zn+][Br]. The Hall–Kier alpha value is -0.337. The number of hydrogen-bond acceptors (Lipinski definition) is 2. The van der Waals surface area contributed by atoms with Crippen molar-refractivity contribution in [2.45, 2.75) is 6.92 Å². The average molecular weight is 308 g/mol. The number of carbonyl (C=O) groups excluding carboxylic acids is 1. The zero-order valence-corrected chi connectivity index (χ0v) is 12.7. The Morgan fingerprint density at radius 1 is 1.43 bits per heavy atom. The second-order valence-corrected chi connectivity index (χ2v) is 2.42. The van der Waals surface area contributed by atoms with Gasteiger partial charge in [-0.05, 0) is 6.92 Å². The average Bonchev–Trinajstić information content (AvgIpc) is 2.22. The molecule has 0 atom stereocenters. The molecule has 0 radical (unpaired) electrons. The van der Waals surface area contributed by atoms with Gasteiger partial charge in [0, 0.05) is 5.56 Å². The van der Waals surface area contributed by atoms with E-state index in [1.54, 1.807) is 31.2 Å². The molecule has 0 saturated heterocycles. The molecule has 0 aliphatic heterocycles. The van der Waals surface area contributed by atoms with Gasteiger partial charge < -0.3 is 4.74 Å². The second kappa shape index (κ2) is 8.01. The standard InChI is InChI=1S/C10H11O2.BrH.Zn/c1-3-12-10(11)9-6-4-8(2)5-7-9;;/h4-7H,2-3H2,1H3;1H;/q-1;;+2/p-1. The van der Waals surface area contributed by atoms with Crippen LogP contribution >= 0.6 is 13.6 Å². The van der Waals surface area contributed by atoms with Gasteiger partial charge in [0.15, 0.2) is 0 Å². The number of carbonyl (C=O) groups is 1. The fourth-order valence-corrected chi connectivity index (χ4v) is 0.855. The third-order valence-corrected chi connectivity index (χ3v) is 1.47. The minimum atomic E-state index is -0.280. The van der Waals surface area contributed by atoms with Crippen molar-refractivity contribution >= 4 is 19.6 Å². The molecule has 0 aliphatic rings. The molecule has 1 rings (SSSR count). The summed E-state index contributed by atoms with van der Waals surface area (Å²) in [6, 6.07) is 6.99. The summed E-state index contributed by atoms with van der Waals surface area (Å²) in [4.78, 5) is 11.1. The normalized spacial score (nSPS) is 8.57. The van der Waals surface area contributed by atoms with E-state index in [0.29, 0.717) is 12.2 Å². The summed E-state index contributed by atoms with van der Waals surface area (Å²) >= 11 is 4.25. The molecule has 0 amide bonds. The summed E-state index contributed by atoms with van der Waals surface area (Å²) in [5, 5.41) is 0.